The number of amides is 1. The van der Waals surface area contributed by atoms with E-state index in [0.717, 1.165) is 0 Å². The molecule has 7 nitrogen and oxygen atoms in total. The van der Waals surface area contributed by atoms with Crippen molar-refractivity contribution in [3.63, 3.8) is 0 Å². The Kier molecular flexibility index (Phi) is 5.02. The van der Waals surface area contributed by atoms with Crippen molar-refractivity contribution in [2.24, 2.45) is 0 Å². The maximum Gasteiger partial charge on any atom is 0.296 e. The summed E-state index contributed by atoms with van der Waals surface area (Å²) in [6, 6.07) is 15.3. The van der Waals surface area contributed by atoms with E-state index in [1.807, 2.05) is 0 Å². The van der Waals surface area contributed by atoms with Gasteiger partial charge in [-0.25, -0.2) is 0 Å². The molecule has 0 spiro atoms. The van der Waals surface area contributed by atoms with Crippen LogP contribution in [0.2, 0.25) is 0 Å². The molecule has 1 aliphatic rings. The van der Waals surface area contributed by atoms with Crippen molar-refractivity contribution < 1.29 is 29.0 Å². The Morgan fingerprint density at radius 3 is 2.37 bits per heavy atom. The zero-order chi connectivity index (χ0) is 21.3. The highest BCUT2D eigenvalue weighted by Gasteiger charge is 2.46. The molecule has 0 aliphatic carbocycles. The van der Waals surface area contributed by atoms with Gasteiger partial charge in [-0.2, -0.15) is 0 Å². The first kappa shape index (κ1) is 19.3. The second-order valence-corrected chi connectivity index (χ2v) is 6.83. The molecule has 2 aromatic carbocycles. The van der Waals surface area contributed by atoms with Crippen LogP contribution in [0.3, 0.4) is 0 Å². The fourth-order valence-electron chi connectivity index (χ4n) is 3.52. The lowest BCUT2D eigenvalue weighted by molar-refractivity contribution is -0.140. The lowest BCUT2D eigenvalue weighted by Crippen LogP contribution is -2.29. The Morgan fingerprint density at radius 1 is 1.07 bits per heavy atom. The third kappa shape index (κ3) is 3.41. The molecule has 1 unspecified atom stereocenters. The summed E-state index contributed by atoms with van der Waals surface area (Å²) >= 11 is 0. The summed E-state index contributed by atoms with van der Waals surface area (Å²) in [4.78, 5) is 27.1. The van der Waals surface area contributed by atoms with E-state index in [9.17, 15) is 19.8 Å². The topological polar surface area (TPSA) is 100 Å². The quantitative estimate of drug-likeness (QED) is 0.382. The highest BCUT2D eigenvalue weighted by molar-refractivity contribution is 6.46. The van der Waals surface area contributed by atoms with Crippen molar-refractivity contribution in [3.8, 4) is 11.5 Å². The number of furan rings is 1. The van der Waals surface area contributed by atoms with Gasteiger partial charge in [0.2, 0.25) is 0 Å². The molecule has 2 heterocycles. The van der Waals surface area contributed by atoms with Crippen LogP contribution in [0.5, 0.6) is 11.5 Å². The van der Waals surface area contributed by atoms with E-state index in [1.165, 1.54) is 30.4 Å². The summed E-state index contributed by atoms with van der Waals surface area (Å²) in [5, 5.41) is 20.6. The normalized spacial score (nSPS) is 18.0. The summed E-state index contributed by atoms with van der Waals surface area (Å²) in [6.45, 7) is 0.0580. The zero-order valence-corrected chi connectivity index (χ0v) is 16.1. The number of benzene rings is 2. The van der Waals surface area contributed by atoms with E-state index in [0.29, 0.717) is 22.6 Å². The molecule has 0 saturated carbocycles. The number of Topliss-reactive ketones (excluding diaryl/α,β-unsaturated/α-hetero) is 1. The molecule has 1 saturated heterocycles. The number of aromatic hydroxyl groups is 1. The van der Waals surface area contributed by atoms with Crippen LogP contribution in [0.4, 0.5) is 0 Å². The molecule has 7 heteroatoms. The van der Waals surface area contributed by atoms with Gasteiger partial charge in [-0.3, -0.25) is 9.59 Å². The Balaban J connectivity index is 1.84. The van der Waals surface area contributed by atoms with Crippen molar-refractivity contribution in [3.05, 3.63) is 89.4 Å². The predicted molar refractivity (Wildman–Crippen MR) is 108 cm³/mol. The fraction of sp³-hybridized carbons (Fsp3) is 0.130. The van der Waals surface area contributed by atoms with E-state index in [-0.39, 0.29) is 23.6 Å². The maximum atomic E-state index is 12.9. The Hall–Kier alpha value is -4.00. The number of phenols is 1. The van der Waals surface area contributed by atoms with Gasteiger partial charge in [0.15, 0.2) is 0 Å². The second-order valence-electron chi connectivity index (χ2n) is 6.83. The van der Waals surface area contributed by atoms with Gasteiger partial charge in [0.25, 0.3) is 11.7 Å². The largest absolute Gasteiger partial charge is 0.508 e. The number of carbonyl (C=O) groups excluding carboxylic acids is 2. The fourth-order valence-corrected chi connectivity index (χ4v) is 3.52. The van der Waals surface area contributed by atoms with Crippen molar-refractivity contribution in [2.75, 3.05) is 7.11 Å². The summed E-state index contributed by atoms with van der Waals surface area (Å²) in [6.07, 6.45) is 1.48. The van der Waals surface area contributed by atoms with Crippen LogP contribution in [0.1, 0.15) is 22.9 Å². The molecule has 152 valence electrons. The number of methoxy groups -OCH3 is 1. The van der Waals surface area contributed by atoms with Gasteiger partial charge in [0.05, 0.1) is 31.5 Å². The number of ketones is 1. The Labute approximate surface area is 172 Å². The van der Waals surface area contributed by atoms with Crippen LogP contribution >= 0.6 is 0 Å². The number of aliphatic hydroxyl groups is 1. The highest BCUT2D eigenvalue weighted by atomic mass is 16.5. The number of carbonyl (C=O) groups is 2. The summed E-state index contributed by atoms with van der Waals surface area (Å²) in [5.41, 5.74) is 0.937. The summed E-state index contributed by atoms with van der Waals surface area (Å²) < 4.78 is 10.5. The number of phenolic OH excluding ortho intramolecular Hbond substituents is 1. The van der Waals surface area contributed by atoms with Gasteiger partial charge in [0.1, 0.15) is 23.0 Å². The summed E-state index contributed by atoms with van der Waals surface area (Å²) in [5.74, 6) is -0.648. The predicted octanol–water partition coefficient (Wildman–Crippen LogP) is 3.62. The monoisotopic (exact) mass is 405 g/mol. The number of nitrogens with zero attached hydrogens (tertiary/aromatic N) is 1. The van der Waals surface area contributed by atoms with Crippen LogP contribution in [-0.4, -0.2) is 33.9 Å². The van der Waals surface area contributed by atoms with E-state index >= 15 is 0 Å². The van der Waals surface area contributed by atoms with E-state index < -0.39 is 17.7 Å². The summed E-state index contributed by atoms with van der Waals surface area (Å²) in [7, 11) is 1.53. The first-order valence-electron chi connectivity index (χ1n) is 9.23. The minimum Gasteiger partial charge on any atom is -0.508 e. The minimum atomic E-state index is -0.835. The van der Waals surface area contributed by atoms with Crippen molar-refractivity contribution in [1.82, 2.24) is 4.90 Å². The minimum absolute atomic E-state index is 0.0255. The van der Waals surface area contributed by atoms with Crippen LogP contribution in [0, 0.1) is 0 Å². The van der Waals surface area contributed by atoms with Crippen molar-refractivity contribution in [1.29, 1.82) is 0 Å². The first-order chi connectivity index (χ1) is 14.5. The highest BCUT2D eigenvalue weighted by Crippen LogP contribution is 2.40. The second kappa shape index (κ2) is 7.79. The lowest BCUT2D eigenvalue weighted by Gasteiger charge is -2.24. The molecule has 3 aromatic rings. The van der Waals surface area contributed by atoms with E-state index in [4.69, 9.17) is 9.15 Å². The SMILES string of the molecule is COc1ccc(/C(O)=C2/C(=O)C(=O)N(Cc3ccco3)C2c2ccc(O)cc2)cc1. The number of hydrogen-bond acceptors (Lipinski definition) is 6. The molecule has 4 rings (SSSR count). The van der Waals surface area contributed by atoms with Gasteiger partial charge >= 0.3 is 0 Å². The van der Waals surface area contributed by atoms with Gasteiger partial charge in [-0.05, 0) is 54.1 Å². The standard InChI is InChI=1S/C23H19NO6/c1-29-17-10-6-15(7-11-17)21(26)19-20(14-4-8-16(25)9-5-14)24(23(28)22(19)27)13-18-3-2-12-30-18/h2-12,20,25-26H,13H2,1H3/b21-19-. The number of aliphatic hydroxyl groups excluding tert-OH is 1. The van der Waals surface area contributed by atoms with Gasteiger partial charge < -0.3 is 24.3 Å². The Bertz CT molecular complexity index is 1100. The first-order valence-corrected chi connectivity index (χ1v) is 9.23. The molecule has 1 aliphatic heterocycles. The molecular weight excluding hydrogens is 386 g/mol. The van der Waals surface area contributed by atoms with E-state index in [2.05, 4.69) is 0 Å². The number of hydrogen-bond donors (Lipinski definition) is 2. The molecule has 1 atom stereocenters. The van der Waals surface area contributed by atoms with Crippen LogP contribution in [0.15, 0.2) is 76.9 Å². The molecule has 30 heavy (non-hydrogen) atoms. The Morgan fingerprint density at radius 2 is 1.77 bits per heavy atom. The van der Waals surface area contributed by atoms with Crippen LogP contribution in [-0.2, 0) is 16.1 Å². The number of likely N-dealkylation sites (tertiary alicyclic amines) is 1. The third-order valence-corrected chi connectivity index (χ3v) is 5.02. The number of ether oxygens (including phenoxy) is 1. The van der Waals surface area contributed by atoms with Gasteiger partial charge in [-0.15, -0.1) is 0 Å². The zero-order valence-electron chi connectivity index (χ0n) is 16.1. The van der Waals surface area contributed by atoms with Crippen molar-refractivity contribution >= 4 is 17.4 Å². The smallest absolute Gasteiger partial charge is 0.296 e. The molecule has 2 N–H and O–H groups in total. The molecule has 0 bridgehead atoms. The van der Waals surface area contributed by atoms with Crippen LogP contribution in [0.25, 0.3) is 5.76 Å². The maximum absolute atomic E-state index is 12.9. The molecule has 1 amide bonds. The van der Waals surface area contributed by atoms with Crippen molar-refractivity contribution in [2.45, 2.75) is 12.6 Å². The molecular formula is C23H19NO6. The molecule has 0 radical (unpaired) electrons. The average molecular weight is 405 g/mol. The van der Waals surface area contributed by atoms with Gasteiger partial charge in [-0.1, -0.05) is 12.1 Å². The van der Waals surface area contributed by atoms with Crippen LogP contribution < -0.4 is 4.74 Å². The van der Waals surface area contributed by atoms with Gasteiger partial charge in [0, 0.05) is 5.56 Å². The average Bonchev–Trinajstić information content (AvgIpc) is 3.36. The third-order valence-electron chi connectivity index (χ3n) is 5.02. The molecule has 1 aromatic heterocycles. The lowest BCUT2D eigenvalue weighted by atomic mass is 9.95. The van der Waals surface area contributed by atoms with E-state index in [1.54, 1.807) is 48.5 Å². The molecule has 1 fully saturated rings. The number of rotatable bonds is 5.